The van der Waals surface area contributed by atoms with Crippen molar-refractivity contribution in [2.75, 3.05) is 31.8 Å². The minimum atomic E-state index is -5.29. The quantitative estimate of drug-likeness (QED) is 0.0749. The van der Waals surface area contributed by atoms with E-state index in [0.29, 0.717) is 0 Å². The molecule has 4 aromatic heterocycles. The van der Waals surface area contributed by atoms with Crippen LogP contribution in [0.2, 0.25) is 0 Å². The second-order valence-electron chi connectivity index (χ2n) is 10.3. The summed E-state index contributed by atoms with van der Waals surface area (Å²) in [6.45, 7) is -1.71. The van der Waals surface area contributed by atoms with Crippen molar-refractivity contribution >= 4 is 49.7 Å². The summed E-state index contributed by atoms with van der Waals surface area (Å²) in [7, 11) is -9.23. The zero-order chi connectivity index (χ0) is 33.8. The number of aliphatic hydroxyl groups excluding tert-OH is 2. The van der Waals surface area contributed by atoms with Crippen LogP contribution in [0.5, 0.6) is 0 Å². The van der Waals surface area contributed by atoms with Crippen LogP contribution in [0.3, 0.4) is 0 Å². The first-order chi connectivity index (χ1) is 22.2. The number of nitrogens with one attached hydrogen (secondary N) is 1. The Morgan fingerprint density at radius 3 is 2.30 bits per heavy atom. The highest BCUT2D eigenvalue weighted by Crippen LogP contribution is 2.50. The molecule has 26 heteroatoms. The zero-order valence-corrected chi connectivity index (χ0v) is 25.6. The van der Waals surface area contributed by atoms with Crippen LogP contribution < -0.4 is 21.9 Å². The molecule has 0 amide bonds. The molecular formula is C21H27N10O14P2-. The van der Waals surface area contributed by atoms with Gasteiger partial charge in [-0.15, -0.1) is 0 Å². The van der Waals surface area contributed by atoms with Gasteiger partial charge in [-0.1, -0.05) is 0 Å². The van der Waals surface area contributed by atoms with Gasteiger partial charge in [-0.3, -0.25) is 32.5 Å². The number of nitrogens with two attached hydrogens (primary N) is 2. The van der Waals surface area contributed by atoms with Gasteiger partial charge in [0.1, 0.15) is 48.5 Å². The molecule has 9 N–H and O–H groups in total. The Balaban J connectivity index is 1.20. The van der Waals surface area contributed by atoms with Crippen molar-refractivity contribution in [2.24, 2.45) is 0 Å². The fraction of sp³-hybridized carbons (Fsp3) is 0.524. The Kier molecular flexibility index (Phi) is 8.90. The Morgan fingerprint density at radius 1 is 0.936 bits per heavy atom. The van der Waals surface area contributed by atoms with Crippen molar-refractivity contribution in [2.45, 2.75) is 49.1 Å². The number of nitrogen functional groups attached to an aromatic ring is 2. The smallest absolute Gasteiger partial charge is 0.472 e. The lowest BCUT2D eigenvalue weighted by Gasteiger charge is -2.26. The summed E-state index contributed by atoms with van der Waals surface area (Å²) in [5, 5.41) is 21.3. The zero-order valence-electron chi connectivity index (χ0n) is 23.8. The fourth-order valence-corrected chi connectivity index (χ4v) is 6.54. The molecule has 6 rings (SSSR count). The number of aromatic nitrogens is 8. The van der Waals surface area contributed by atoms with Gasteiger partial charge < -0.3 is 55.1 Å². The first-order valence-corrected chi connectivity index (χ1v) is 16.4. The molecule has 0 spiro atoms. The second-order valence-corrected chi connectivity index (χ2v) is 12.9. The molecule has 4 aromatic rings. The lowest BCUT2D eigenvalue weighted by molar-refractivity contribution is -0.222. The Morgan fingerprint density at radius 2 is 1.60 bits per heavy atom. The average molecular weight is 705 g/mol. The number of methoxy groups -OCH3 is 1. The molecule has 2 fully saturated rings. The maximum Gasteiger partial charge on any atom is 0.472 e. The molecule has 0 saturated carbocycles. The van der Waals surface area contributed by atoms with Crippen LogP contribution in [0.4, 0.5) is 11.8 Å². The van der Waals surface area contributed by atoms with Crippen molar-refractivity contribution in [1.82, 2.24) is 39.0 Å². The van der Waals surface area contributed by atoms with Crippen molar-refractivity contribution < 1.29 is 61.8 Å². The predicted molar refractivity (Wildman–Crippen MR) is 149 cm³/mol. The summed E-state index contributed by atoms with van der Waals surface area (Å²) < 4.78 is 59.0. The number of fused-ring (bicyclic) bond motifs is 2. The van der Waals surface area contributed by atoms with Crippen LogP contribution >= 0.6 is 15.6 Å². The van der Waals surface area contributed by atoms with Crippen LogP contribution in [-0.2, 0) is 36.9 Å². The monoisotopic (exact) mass is 705 g/mol. The fourth-order valence-electron chi connectivity index (χ4n) is 5.25. The van der Waals surface area contributed by atoms with Crippen molar-refractivity contribution in [3.05, 3.63) is 29.3 Å². The number of hydrogen-bond donors (Lipinski definition) is 7. The molecule has 10 atom stereocenters. The maximum atomic E-state index is 13.2. The second kappa shape index (κ2) is 12.5. The molecule has 2 aliphatic rings. The number of anilines is 2. The van der Waals surface area contributed by atoms with E-state index < -0.39 is 83.5 Å². The average Bonchev–Trinajstić information content (AvgIpc) is 3.75. The molecule has 0 aromatic carbocycles. The van der Waals surface area contributed by atoms with Gasteiger partial charge in [0.05, 0.1) is 25.9 Å². The normalized spacial score (nSPS) is 30.6. The molecule has 0 aliphatic carbocycles. The van der Waals surface area contributed by atoms with E-state index in [-0.39, 0.29) is 34.1 Å². The summed E-state index contributed by atoms with van der Waals surface area (Å²) in [5.41, 5.74) is 10.9. The third-order valence-electron chi connectivity index (χ3n) is 7.34. The van der Waals surface area contributed by atoms with E-state index >= 15 is 0 Å². The van der Waals surface area contributed by atoms with Gasteiger partial charge in [0.2, 0.25) is 5.95 Å². The topological polar surface area (TPSA) is 353 Å². The molecule has 24 nitrogen and oxygen atoms in total. The minimum Gasteiger partial charge on any atom is -0.756 e. The van der Waals surface area contributed by atoms with E-state index in [2.05, 4.69) is 34.4 Å². The number of phosphoric ester groups is 2. The molecule has 0 bridgehead atoms. The Hall–Kier alpha value is -3.48. The van der Waals surface area contributed by atoms with Gasteiger partial charge in [0.15, 0.2) is 35.1 Å². The molecule has 0 radical (unpaired) electrons. The summed E-state index contributed by atoms with van der Waals surface area (Å²) >= 11 is 0. The molecule has 2 saturated heterocycles. The highest BCUT2D eigenvalue weighted by atomic mass is 31.2. The van der Waals surface area contributed by atoms with Gasteiger partial charge in [-0.05, 0) is 0 Å². The number of nitrogens with zero attached hydrogens (tertiary/aromatic N) is 7. The highest BCUT2D eigenvalue weighted by molar-refractivity contribution is 7.47. The largest absolute Gasteiger partial charge is 0.756 e. The van der Waals surface area contributed by atoms with Crippen LogP contribution in [-0.4, -0.2) is 116 Å². The van der Waals surface area contributed by atoms with Crippen molar-refractivity contribution in [1.29, 1.82) is 0 Å². The van der Waals surface area contributed by atoms with E-state index in [4.69, 9.17) is 39.6 Å². The number of hydrogen-bond acceptors (Lipinski definition) is 19. The molecule has 6 heterocycles. The summed E-state index contributed by atoms with van der Waals surface area (Å²) in [6.07, 6.45) is -8.15. The first kappa shape index (κ1) is 33.4. The first-order valence-electron chi connectivity index (χ1n) is 13.4. The van der Waals surface area contributed by atoms with Crippen LogP contribution in [0.15, 0.2) is 23.8 Å². The van der Waals surface area contributed by atoms with Crippen molar-refractivity contribution in [3.8, 4) is 0 Å². The Bertz CT molecular complexity index is 1930. The van der Waals surface area contributed by atoms with Gasteiger partial charge in [0, 0.05) is 7.11 Å². The van der Waals surface area contributed by atoms with Crippen molar-refractivity contribution in [3.63, 3.8) is 0 Å². The van der Waals surface area contributed by atoms with Gasteiger partial charge in [0.25, 0.3) is 13.4 Å². The molecular weight excluding hydrogens is 678 g/mol. The Labute approximate surface area is 261 Å². The SMILES string of the molecule is CO[C@H]1C(OP(=O)(O)OC[C@H]2O[C@@H](n3cnc4c(=O)[nH]c(N)nc43)[C@@H](O)C2O)[C@@H](COP(=O)([O-])O)O[C@H]1n1cnc2c(N)ncnc21. The highest BCUT2D eigenvalue weighted by Gasteiger charge is 2.51. The van der Waals surface area contributed by atoms with Gasteiger partial charge in [-0.25, -0.2) is 24.5 Å². The number of ether oxygens (including phenoxy) is 3. The standard InChI is InChI=1S/C21H28N10O14P2/c1-40-14-13(8(3-41-46(35,36)37)44-20(14)30-5-26-9-15(22)24-4-25-16(9)30)45-47(38,39)42-2-7-11(32)12(33)19(43-7)31-6-27-10-17(31)28-21(23)29-18(10)34/h4-8,11-14,19-20,32-33H,2-3H2,1H3,(H,38,39)(H2,22,24,25)(H2,35,36,37)(H3,23,28,29,34)/p-1/t7-,8-,11?,12+,13?,14+,19-,20-/m1/s1. The molecule has 47 heavy (non-hydrogen) atoms. The lowest BCUT2D eigenvalue weighted by atomic mass is 10.1. The molecule has 4 unspecified atom stereocenters. The number of aliphatic hydroxyl groups is 2. The summed E-state index contributed by atoms with van der Waals surface area (Å²) in [4.78, 5) is 65.6. The summed E-state index contributed by atoms with van der Waals surface area (Å²) in [5.74, 6) is -0.212. The lowest BCUT2D eigenvalue weighted by Crippen LogP contribution is -2.38. The number of rotatable bonds is 11. The minimum absolute atomic E-state index is 0.0354. The molecule has 256 valence electrons. The predicted octanol–water partition coefficient (Wildman–Crippen LogP) is -3.36. The van der Waals surface area contributed by atoms with Crippen LogP contribution in [0, 0.1) is 0 Å². The maximum absolute atomic E-state index is 13.2. The van der Waals surface area contributed by atoms with E-state index in [0.717, 1.165) is 17.2 Å². The van der Waals surface area contributed by atoms with E-state index in [1.165, 1.54) is 18.0 Å². The number of imidazole rings is 2. The van der Waals surface area contributed by atoms with E-state index in [9.17, 15) is 33.9 Å². The van der Waals surface area contributed by atoms with Crippen LogP contribution in [0.1, 0.15) is 12.5 Å². The molecule has 2 aliphatic heterocycles. The van der Waals surface area contributed by atoms with Gasteiger partial charge in [-0.2, -0.15) is 4.98 Å². The van der Waals surface area contributed by atoms with E-state index in [1.54, 1.807) is 0 Å². The summed E-state index contributed by atoms with van der Waals surface area (Å²) in [6, 6.07) is 0. The number of aromatic amines is 1. The number of H-pyrrole nitrogens is 1. The van der Waals surface area contributed by atoms with E-state index in [1.807, 2.05) is 0 Å². The van der Waals surface area contributed by atoms with Crippen LogP contribution in [0.25, 0.3) is 22.3 Å². The van der Waals surface area contributed by atoms with Gasteiger partial charge >= 0.3 is 7.82 Å². The third kappa shape index (κ3) is 6.51. The third-order valence-corrected chi connectivity index (χ3v) is 8.80. The number of phosphoric acid groups is 2.